The molecule has 0 aliphatic rings. The molecule has 0 aliphatic heterocycles. The van der Waals surface area contributed by atoms with Gasteiger partial charge in [0.1, 0.15) is 17.0 Å². The Hall–Kier alpha value is -1.50. The highest BCUT2D eigenvalue weighted by Gasteiger charge is 2.33. The lowest BCUT2D eigenvalue weighted by atomic mass is 10.4. The second-order valence-corrected chi connectivity index (χ2v) is 10.0. The first-order valence-corrected chi connectivity index (χ1v) is 12.3. The maximum atomic E-state index is 12.5. The van der Waals surface area contributed by atoms with Crippen LogP contribution in [0.15, 0.2) is 29.9 Å². The number of thiophene rings is 2. The van der Waals surface area contributed by atoms with E-state index in [0.29, 0.717) is 23.6 Å². The number of anilines is 1. The van der Waals surface area contributed by atoms with Crippen molar-refractivity contribution in [1.29, 1.82) is 0 Å². The number of rotatable bonds is 9. The highest BCUT2D eigenvalue weighted by molar-refractivity contribution is 8.76. The van der Waals surface area contributed by atoms with Crippen LogP contribution in [0.4, 0.5) is 19.0 Å². The average molecular weight is 465 g/mol. The molecular weight excluding hydrogens is 449 g/mol. The van der Waals surface area contributed by atoms with Gasteiger partial charge in [0.15, 0.2) is 0 Å². The maximum Gasteiger partial charge on any atom is 0.425 e. The number of fused-ring (bicyclic) bond motifs is 1. The number of halogens is 3. The fraction of sp³-hybridized carbons (Fsp3) is 0.312. The van der Waals surface area contributed by atoms with Crippen LogP contribution in [-0.4, -0.2) is 40.5 Å². The summed E-state index contributed by atoms with van der Waals surface area (Å²) in [5.41, 5.74) is 0.924. The third-order valence-electron chi connectivity index (χ3n) is 3.38. The van der Waals surface area contributed by atoms with E-state index in [2.05, 4.69) is 20.6 Å². The first kappa shape index (κ1) is 21.2. The van der Waals surface area contributed by atoms with Crippen LogP contribution >= 0.6 is 44.3 Å². The largest absolute Gasteiger partial charge is 0.425 e. The third kappa shape index (κ3) is 5.75. The number of amides is 1. The van der Waals surface area contributed by atoms with E-state index in [1.165, 1.54) is 12.4 Å². The van der Waals surface area contributed by atoms with Crippen LogP contribution in [0.2, 0.25) is 0 Å². The van der Waals surface area contributed by atoms with Gasteiger partial charge in [0, 0.05) is 24.6 Å². The Morgan fingerprint density at radius 3 is 2.64 bits per heavy atom. The summed E-state index contributed by atoms with van der Waals surface area (Å²) in [6.45, 7) is 1.13. The zero-order chi connectivity index (χ0) is 20.0. The molecule has 0 saturated heterocycles. The minimum atomic E-state index is -4.41. The Labute approximate surface area is 174 Å². The molecule has 3 aromatic heterocycles. The average Bonchev–Trinajstić information content (AvgIpc) is 3.33. The third-order valence-corrected chi connectivity index (χ3v) is 7.83. The van der Waals surface area contributed by atoms with Crippen molar-refractivity contribution in [1.82, 2.24) is 15.3 Å². The molecule has 1 amide bonds. The van der Waals surface area contributed by atoms with Gasteiger partial charge in [-0.3, -0.25) is 4.79 Å². The molecule has 0 spiro atoms. The summed E-state index contributed by atoms with van der Waals surface area (Å²) in [4.78, 5) is 19.6. The van der Waals surface area contributed by atoms with Crippen molar-refractivity contribution in [2.75, 3.05) is 29.9 Å². The fourth-order valence-electron chi connectivity index (χ4n) is 2.15. The molecule has 0 aromatic carbocycles. The normalized spacial score (nSPS) is 11.7. The van der Waals surface area contributed by atoms with Crippen LogP contribution in [0, 0.1) is 0 Å². The molecule has 28 heavy (non-hydrogen) atoms. The molecule has 0 atom stereocenters. The van der Waals surface area contributed by atoms with Gasteiger partial charge in [0.05, 0.1) is 15.1 Å². The zero-order valence-corrected chi connectivity index (χ0v) is 17.6. The van der Waals surface area contributed by atoms with E-state index in [1.807, 2.05) is 11.4 Å². The van der Waals surface area contributed by atoms with Crippen LogP contribution in [0.5, 0.6) is 0 Å². The van der Waals surface area contributed by atoms with E-state index in [0.717, 1.165) is 34.4 Å². The fourth-order valence-corrected chi connectivity index (χ4v) is 5.56. The molecule has 0 unspecified atom stereocenters. The van der Waals surface area contributed by atoms with Crippen LogP contribution in [0.1, 0.15) is 14.5 Å². The lowest BCUT2D eigenvalue weighted by Gasteiger charge is -2.06. The van der Waals surface area contributed by atoms with Gasteiger partial charge in [-0.05, 0) is 23.6 Å². The highest BCUT2D eigenvalue weighted by atomic mass is 33.1. The summed E-state index contributed by atoms with van der Waals surface area (Å²) in [7, 11) is 3.25. The summed E-state index contributed by atoms with van der Waals surface area (Å²) in [5.74, 6) is 1.86. The summed E-state index contributed by atoms with van der Waals surface area (Å²) in [6.07, 6.45) is -2.88. The van der Waals surface area contributed by atoms with Crippen molar-refractivity contribution in [2.45, 2.75) is 6.18 Å². The monoisotopic (exact) mass is 464 g/mol. The minimum absolute atomic E-state index is 0.0684. The Bertz CT molecular complexity index is 928. The zero-order valence-electron chi connectivity index (χ0n) is 14.3. The van der Waals surface area contributed by atoms with E-state index < -0.39 is 17.0 Å². The van der Waals surface area contributed by atoms with Crippen LogP contribution in [0.25, 0.3) is 10.2 Å². The van der Waals surface area contributed by atoms with E-state index in [9.17, 15) is 18.0 Å². The van der Waals surface area contributed by atoms with Crippen molar-refractivity contribution in [3.8, 4) is 0 Å². The smallest absolute Gasteiger partial charge is 0.368 e. The van der Waals surface area contributed by atoms with E-state index in [4.69, 9.17) is 0 Å². The van der Waals surface area contributed by atoms with Gasteiger partial charge < -0.3 is 10.6 Å². The number of carbonyl (C=O) groups is 1. The molecule has 0 saturated carbocycles. The summed E-state index contributed by atoms with van der Waals surface area (Å²) in [5, 5.41) is 7.90. The molecule has 0 radical (unpaired) electrons. The number of aromatic nitrogens is 2. The SMILES string of the molecule is O=C(NCCSSCCNc1ncnc2ccsc12)c1ccc(C(F)(F)F)s1. The molecular formula is C16H15F3N4OS4. The molecule has 0 bridgehead atoms. The standard InChI is InChI=1S/C16H15F3N4OS4/c17-16(18,19)12-2-1-11(28-12)15(24)21-5-8-27-26-7-4-20-14-13-10(3-6-25-13)22-9-23-14/h1-3,6,9H,4-5,7-8H2,(H,21,24)(H,20,22,23). The van der Waals surface area contributed by atoms with Gasteiger partial charge in [-0.15, -0.1) is 22.7 Å². The lowest BCUT2D eigenvalue weighted by Crippen LogP contribution is -2.24. The number of nitrogens with zero attached hydrogens (tertiary/aromatic N) is 2. The number of carbonyl (C=O) groups excluding carboxylic acids is 1. The molecule has 3 rings (SSSR count). The van der Waals surface area contributed by atoms with Gasteiger partial charge in [-0.2, -0.15) is 13.2 Å². The first-order chi connectivity index (χ1) is 13.4. The van der Waals surface area contributed by atoms with Crippen LogP contribution in [-0.2, 0) is 6.18 Å². The van der Waals surface area contributed by atoms with Gasteiger partial charge in [0.25, 0.3) is 5.91 Å². The molecule has 0 aliphatic carbocycles. The second-order valence-electron chi connectivity index (χ2n) is 5.35. The molecule has 5 nitrogen and oxygen atoms in total. The first-order valence-electron chi connectivity index (χ1n) is 8.07. The number of nitrogens with one attached hydrogen (secondary N) is 2. The predicted octanol–water partition coefficient (Wildman–Crippen LogP) is 4.99. The molecule has 150 valence electrons. The lowest BCUT2D eigenvalue weighted by molar-refractivity contribution is -0.134. The molecule has 3 heterocycles. The molecule has 3 aromatic rings. The van der Waals surface area contributed by atoms with Gasteiger partial charge in [-0.1, -0.05) is 21.6 Å². The number of hydrogen-bond donors (Lipinski definition) is 2. The van der Waals surface area contributed by atoms with Gasteiger partial charge in [-0.25, -0.2) is 9.97 Å². The van der Waals surface area contributed by atoms with Gasteiger partial charge in [0.2, 0.25) is 0 Å². The minimum Gasteiger partial charge on any atom is -0.368 e. The van der Waals surface area contributed by atoms with E-state index in [1.54, 1.807) is 32.9 Å². The summed E-state index contributed by atoms with van der Waals surface area (Å²) in [6, 6.07) is 4.08. The van der Waals surface area contributed by atoms with Crippen molar-refractivity contribution in [2.24, 2.45) is 0 Å². The van der Waals surface area contributed by atoms with Crippen LogP contribution < -0.4 is 10.6 Å². The van der Waals surface area contributed by atoms with Crippen molar-refractivity contribution < 1.29 is 18.0 Å². The Morgan fingerprint density at radius 2 is 1.89 bits per heavy atom. The van der Waals surface area contributed by atoms with E-state index in [-0.39, 0.29) is 4.88 Å². The maximum absolute atomic E-state index is 12.5. The van der Waals surface area contributed by atoms with E-state index >= 15 is 0 Å². The van der Waals surface area contributed by atoms with Crippen molar-refractivity contribution in [3.63, 3.8) is 0 Å². The quantitative estimate of drug-likeness (QED) is 0.343. The molecule has 0 fully saturated rings. The molecule has 12 heteroatoms. The van der Waals surface area contributed by atoms with Crippen molar-refractivity contribution >= 4 is 66.2 Å². The topological polar surface area (TPSA) is 66.9 Å². The Balaban J connectivity index is 1.28. The number of alkyl halides is 3. The number of hydrogen-bond acceptors (Lipinski definition) is 8. The second kappa shape index (κ2) is 9.81. The summed E-state index contributed by atoms with van der Waals surface area (Å²) >= 11 is 2.05. The van der Waals surface area contributed by atoms with Crippen LogP contribution in [0.3, 0.4) is 0 Å². The van der Waals surface area contributed by atoms with Gasteiger partial charge >= 0.3 is 6.18 Å². The predicted molar refractivity (Wildman–Crippen MR) is 112 cm³/mol. The molecule has 2 N–H and O–H groups in total. The van der Waals surface area contributed by atoms with Crippen molar-refractivity contribution in [3.05, 3.63) is 39.7 Å². The Morgan fingerprint density at radius 1 is 1.11 bits per heavy atom. The summed E-state index contributed by atoms with van der Waals surface area (Å²) < 4.78 is 38.7. The Kier molecular flexibility index (Phi) is 7.43. The highest BCUT2D eigenvalue weighted by Crippen LogP contribution is 2.34.